The first-order valence-corrected chi connectivity index (χ1v) is 8.22. The zero-order valence-electron chi connectivity index (χ0n) is 12.5. The highest BCUT2D eigenvalue weighted by Crippen LogP contribution is 2.41. The second-order valence-electron chi connectivity index (χ2n) is 6.56. The van der Waals surface area contributed by atoms with Crippen LogP contribution < -0.4 is 5.73 Å². The molecule has 1 aliphatic heterocycles. The van der Waals surface area contributed by atoms with E-state index in [1.807, 2.05) is 0 Å². The smallest absolute Gasteiger partial charge is 0.0334 e. The Labute approximate surface area is 113 Å². The summed E-state index contributed by atoms with van der Waals surface area (Å²) in [5.74, 6) is 0.984. The molecule has 0 radical (unpaired) electrons. The fraction of sp³-hybridized carbons (Fsp3) is 1.00. The first-order valence-electron chi connectivity index (χ1n) is 8.22. The third-order valence-corrected chi connectivity index (χ3v) is 5.57. The minimum absolute atomic E-state index is 0.363. The minimum atomic E-state index is 0.363. The van der Waals surface area contributed by atoms with Crippen LogP contribution in [-0.4, -0.2) is 29.6 Å². The van der Waals surface area contributed by atoms with Crippen molar-refractivity contribution in [2.75, 3.05) is 13.1 Å². The Morgan fingerprint density at radius 3 is 2.44 bits per heavy atom. The molecular weight excluding hydrogens is 220 g/mol. The topological polar surface area (TPSA) is 29.3 Å². The maximum atomic E-state index is 6.21. The van der Waals surface area contributed by atoms with Gasteiger partial charge in [0, 0.05) is 18.1 Å². The lowest BCUT2D eigenvalue weighted by Crippen LogP contribution is -2.57. The third-order valence-electron chi connectivity index (χ3n) is 5.57. The van der Waals surface area contributed by atoms with Gasteiger partial charge < -0.3 is 5.73 Å². The summed E-state index contributed by atoms with van der Waals surface area (Å²) >= 11 is 0. The van der Waals surface area contributed by atoms with E-state index in [-0.39, 0.29) is 0 Å². The van der Waals surface area contributed by atoms with Gasteiger partial charge in [-0.15, -0.1) is 0 Å². The molecule has 2 heteroatoms. The highest BCUT2D eigenvalue weighted by atomic mass is 15.3. The van der Waals surface area contributed by atoms with Crippen LogP contribution in [0.15, 0.2) is 0 Å². The van der Waals surface area contributed by atoms with Gasteiger partial charge in [0.2, 0.25) is 0 Å². The Morgan fingerprint density at radius 2 is 1.89 bits per heavy atom. The van der Waals surface area contributed by atoms with Gasteiger partial charge in [0.1, 0.15) is 0 Å². The zero-order chi connectivity index (χ0) is 13.0. The lowest BCUT2D eigenvalue weighted by atomic mass is 9.73. The molecule has 0 amide bonds. The van der Waals surface area contributed by atoms with Crippen LogP contribution in [0.25, 0.3) is 0 Å². The number of hydrogen-bond acceptors (Lipinski definition) is 2. The standard InChI is InChI=1S/C16H32N2/c1-3-6-14-8-10-16(13-17,11-9-14)18-12-5-7-15(18)4-2/h14-15H,3-13,17H2,1-2H3. The molecular formula is C16H32N2. The maximum Gasteiger partial charge on any atom is 0.0334 e. The zero-order valence-corrected chi connectivity index (χ0v) is 12.5. The highest BCUT2D eigenvalue weighted by Gasteiger charge is 2.43. The molecule has 2 fully saturated rings. The summed E-state index contributed by atoms with van der Waals surface area (Å²) in [7, 11) is 0. The minimum Gasteiger partial charge on any atom is -0.329 e. The van der Waals surface area contributed by atoms with E-state index in [0.29, 0.717) is 5.54 Å². The van der Waals surface area contributed by atoms with Gasteiger partial charge >= 0.3 is 0 Å². The Balaban J connectivity index is 1.99. The van der Waals surface area contributed by atoms with E-state index >= 15 is 0 Å². The van der Waals surface area contributed by atoms with Crippen molar-refractivity contribution < 1.29 is 0 Å². The van der Waals surface area contributed by atoms with E-state index in [1.165, 1.54) is 64.3 Å². The van der Waals surface area contributed by atoms with Crippen molar-refractivity contribution in [2.24, 2.45) is 11.7 Å². The number of hydrogen-bond donors (Lipinski definition) is 1. The molecule has 0 aromatic heterocycles. The van der Waals surface area contributed by atoms with Gasteiger partial charge in [-0.05, 0) is 57.4 Å². The molecule has 106 valence electrons. The van der Waals surface area contributed by atoms with E-state index in [2.05, 4.69) is 18.7 Å². The molecule has 1 atom stereocenters. The van der Waals surface area contributed by atoms with Crippen molar-refractivity contribution in [2.45, 2.75) is 83.2 Å². The predicted octanol–water partition coefficient (Wildman–Crippen LogP) is 3.55. The predicted molar refractivity (Wildman–Crippen MR) is 78.7 cm³/mol. The largest absolute Gasteiger partial charge is 0.329 e. The van der Waals surface area contributed by atoms with Gasteiger partial charge in [0.25, 0.3) is 0 Å². The van der Waals surface area contributed by atoms with Crippen LogP contribution in [0.5, 0.6) is 0 Å². The Bertz CT molecular complexity index is 243. The summed E-state index contributed by atoms with van der Waals surface area (Å²) in [6, 6.07) is 0.816. The molecule has 1 heterocycles. The third kappa shape index (κ3) is 2.75. The molecule has 0 spiro atoms. The van der Waals surface area contributed by atoms with Gasteiger partial charge in [0.05, 0.1) is 0 Å². The van der Waals surface area contributed by atoms with Crippen molar-refractivity contribution in [3.8, 4) is 0 Å². The second kappa shape index (κ2) is 6.38. The fourth-order valence-corrected chi connectivity index (χ4v) is 4.41. The molecule has 1 saturated heterocycles. The summed E-state index contributed by atoms with van der Waals surface area (Å²) in [5, 5.41) is 0. The van der Waals surface area contributed by atoms with E-state index in [4.69, 9.17) is 5.73 Å². The first-order chi connectivity index (χ1) is 8.75. The van der Waals surface area contributed by atoms with Gasteiger partial charge in [-0.3, -0.25) is 4.90 Å². The SMILES string of the molecule is CCCC1CCC(CN)(N2CCCC2CC)CC1. The van der Waals surface area contributed by atoms with E-state index in [0.717, 1.165) is 18.5 Å². The Hall–Kier alpha value is -0.0800. The summed E-state index contributed by atoms with van der Waals surface area (Å²) in [5.41, 5.74) is 6.58. The quantitative estimate of drug-likeness (QED) is 0.811. The van der Waals surface area contributed by atoms with E-state index in [9.17, 15) is 0 Å². The van der Waals surface area contributed by atoms with Crippen LogP contribution >= 0.6 is 0 Å². The van der Waals surface area contributed by atoms with E-state index in [1.54, 1.807) is 0 Å². The van der Waals surface area contributed by atoms with Crippen LogP contribution in [0.4, 0.5) is 0 Å². The monoisotopic (exact) mass is 252 g/mol. The van der Waals surface area contributed by atoms with Gasteiger partial charge in [-0.2, -0.15) is 0 Å². The maximum absolute atomic E-state index is 6.21. The molecule has 0 bridgehead atoms. The van der Waals surface area contributed by atoms with Crippen molar-refractivity contribution in [1.82, 2.24) is 4.90 Å². The molecule has 2 aliphatic rings. The summed E-state index contributed by atoms with van der Waals surface area (Å²) in [6.07, 6.45) is 12.4. The number of rotatable bonds is 5. The molecule has 1 unspecified atom stereocenters. The normalized spacial score (nSPS) is 38.2. The second-order valence-corrected chi connectivity index (χ2v) is 6.56. The van der Waals surface area contributed by atoms with Crippen molar-refractivity contribution in [3.05, 3.63) is 0 Å². The summed E-state index contributed by atoms with van der Waals surface area (Å²) in [4.78, 5) is 2.80. The number of nitrogens with zero attached hydrogens (tertiary/aromatic N) is 1. The fourth-order valence-electron chi connectivity index (χ4n) is 4.41. The van der Waals surface area contributed by atoms with Crippen LogP contribution in [-0.2, 0) is 0 Å². The molecule has 1 saturated carbocycles. The number of likely N-dealkylation sites (tertiary alicyclic amines) is 1. The first kappa shape index (κ1) is 14.3. The molecule has 0 aromatic carbocycles. The molecule has 2 rings (SSSR count). The summed E-state index contributed by atoms with van der Waals surface area (Å²) in [6.45, 7) is 6.84. The van der Waals surface area contributed by atoms with Gasteiger partial charge in [0.15, 0.2) is 0 Å². The van der Waals surface area contributed by atoms with Gasteiger partial charge in [-0.1, -0.05) is 26.7 Å². The van der Waals surface area contributed by atoms with E-state index < -0.39 is 0 Å². The lowest BCUT2D eigenvalue weighted by molar-refractivity contribution is 0.0294. The van der Waals surface area contributed by atoms with Crippen LogP contribution in [0.3, 0.4) is 0 Å². The van der Waals surface area contributed by atoms with Crippen molar-refractivity contribution >= 4 is 0 Å². The average molecular weight is 252 g/mol. The van der Waals surface area contributed by atoms with Crippen molar-refractivity contribution in [3.63, 3.8) is 0 Å². The lowest BCUT2D eigenvalue weighted by Gasteiger charge is -2.48. The highest BCUT2D eigenvalue weighted by molar-refractivity contribution is 5.00. The molecule has 18 heavy (non-hydrogen) atoms. The van der Waals surface area contributed by atoms with Crippen LogP contribution in [0.2, 0.25) is 0 Å². The molecule has 2 nitrogen and oxygen atoms in total. The molecule has 1 aliphatic carbocycles. The molecule has 0 aromatic rings. The summed E-state index contributed by atoms with van der Waals surface area (Å²) < 4.78 is 0. The molecule has 2 N–H and O–H groups in total. The Kier molecular flexibility index (Phi) is 5.08. The van der Waals surface area contributed by atoms with Crippen LogP contribution in [0.1, 0.15) is 71.6 Å². The Morgan fingerprint density at radius 1 is 1.17 bits per heavy atom. The number of nitrogens with two attached hydrogens (primary N) is 1. The van der Waals surface area contributed by atoms with Crippen molar-refractivity contribution in [1.29, 1.82) is 0 Å². The average Bonchev–Trinajstić information content (AvgIpc) is 2.89. The van der Waals surface area contributed by atoms with Gasteiger partial charge in [-0.25, -0.2) is 0 Å². The van der Waals surface area contributed by atoms with Crippen LogP contribution in [0, 0.1) is 5.92 Å².